The van der Waals surface area contributed by atoms with Crippen LogP contribution >= 0.6 is 0 Å². The molecule has 1 heteroatoms. The summed E-state index contributed by atoms with van der Waals surface area (Å²) < 4.78 is 5.60. The maximum atomic E-state index is 5.60. The fourth-order valence-electron chi connectivity index (χ4n) is 1.48. The third-order valence-corrected chi connectivity index (χ3v) is 2.09. The monoisotopic (exact) mass is 182 g/mol. The zero-order chi connectivity index (χ0) is 9.97. The third-order valence-electron chi connectivity index (χ3n) is 2.09. The van der Waals surface area contributed by atoms with E-state index in [9.17, 15) is 0 Å². The van der Waals surface area contributed by atoms with Crippen molar-refractivity contribution in [3.8, 4) is 12.3 Å². The summed E-state index contributed by atoms with van der Waals surface area (Å²) in [5.41, 5.74) is 1.67. The molecule has 0 amide bonds. The van der Waals surface area contributed by atoms with E-state index in [2.05, 4.69) is 5.92 Å². The lowest BCUT2D eigenvalue weighted by molar-refractivity contribution is 0.603. The molecule has 0 aliphatic heterocycles. The lowest BCUT2D eigenvalue weighted by Gasteiger charge is -1.86. The van der Waals surface area contributed by atoms with Gasteiger partial charge in [0.25, 0.3) is 0 Å². The molecule has 0 N–H and O–H groups in total. The van der Waals surface area contributed by atoms with Gasteiger partial charge in [-0.25, -0.2) is 0 Å². The lowest BCUT2D eigenvalue weighted by Crippen LogP contribution is -1.73. The highest BCUT2D eigenvalue weighted by atomic mass is 16.3. The summed E-state index contributed by atoms with van der Waals surface area (Å²) >= 11 is 0. The molecule has 0 saturated heterocycles. The number of furan rings is 1. The van der Waals surface area contributed by atoms with Crippen LogP contribution in [-0.4, -0.2) is 0 Å². The van der Waals surface area contributed by atoms with Gasteiger partial charge in [-0.3, -0.25) is 0 Å². The first-order valence-electron chi connectivity index (χ1n) is 4.47. The average Bonchev–Trinajstić information content (AvgIpc) is 2.55. The summed E-state index contributed by atoms with van der Waals surface area (Å²) in [4.78, 5) is 0. The summed E-state index contributed by atoms with van der Waals surface area (Å²) in [6.45, 7) is 1.94. The molecule has 1 nitrogen and oxygen atoms in total. The van der Waals surface area contributed by atoms with Crippen LogP contribution in [0.1, 0.15) is 18.2 Å². The summed E-state index contributed by atoms with van der Waals surface area (Å²) in [5, 5.41) is 1.00. The Morgan fingerprint density at radius 2 is 2.14 bits per heavy atom. The van der Waals surface area contributed by atoms with Gasteiger partial charge in [-0.2, -0.15) is 0 Å². The summed E-state index contributed by atoms with van der Waals surface area (Å²) in [7, 11) is 0. The van der Waals surface area contributed by atoms with E-state index < -0.39 is 0 Å². The van der Waals surface area contributed by atoms with E-state index in [0.29, 0.717) is 0 Å². The summed E-state index contributed by atoms with van der Waals surface area (Å²) in [6, 6.07) is 7.79. The minimum Gasteiger partial charge on any atom is -0.455 e. The van der Waals surface area contributed by atoms with Crippen LogP contribution in [0, 0.1) is 12.3 Å². The van der Waals surface area contributed by atoms with Gasteiger partial charge in [0, 0.05) is 5.39 Å². The van der Waals surface area contributed by atoms with Gasteiger partial charge in [0.15, 0.2) is 0 Å². The maximum absolute atomic E-state index is 5.60. The Balaban J connectivity index is 2.80. The molecule has 68 valence electrons. The largest absolute Gasteiger partial charge is 0.455 e. The quantitative estimate of drug-likeness (QED) is 0.616. The van der Waals surface area contributed by atoms with Crippen LogP contribution in [0.25, 0.3) is 17.0 Å². The van der Waals surface area contributed by atoms with Crippen LogP contribution in [0.5, 0.6) is 0 Å². The van der Waals surface area contributed by atoms with Gasteiger partial charge in [0.1, 0.15) is 11.3 Å². The van der Waals surface area contributed by atoms with Crippen LogP contribution in [0.2, 0.25) is 0 Å². The van der Waals surface area contributed by atoms with Crippen molar-refractivity contribution in [3.63, 3.8) is 0 Å². The van der Waals surface area contributed by atoms with E-state index in [1.54, 1.807) is 0 Å². The Hall–Kier alpha value is -1.94. The van der Waals surface area contributed by atoms with E-state index >= 15 is 0 Å². The predicted molar refractivity (Wildman–Crippen MR) is 58.9 cm³/mol. The minimum absolute atomic E-state index is 0.760. The number of para-hydroxylation sites is 1. The second-order valence-corrected chi connectivity index (χ2v) is 2.98. The SMILES string of the molecule is C#Cc1c(/C=C\C)oc2ccccc12. The highest BCUT2D eigenvalue weighted by molar-refractivity contribution is 5.87. The molecular weight excluding hydrogens is 172 g/mol. The Kier molecular flexibility index (Phi) is 2.12. The van der Waals surface area contributed by atoms with Crippen molar-refractivity contribution >= 4 is 17.0 Å². The number of benzene rings is 1. The van der Waals surface area contributed by atoms with Crippen molar-refractivity contribution in [1.82, 2.24) is 0 Å². The number of allylic oxidation sites excluding steroid dienone is 1. The highest BCUT2D eigenvalue weighted by Gasteiger charge is 2.08. The molecule has 0 fully saturated rings. The number of rotatable bonds is 1. The second-order valence-electron chi connectivity index (χ2n) is 2.98. The molecule has 2 rings (SSSR count). The minimum atomic E-state index is 0.760. The molecule has 0 radical (unpaired) electrons. The average molecular weight is 182 g/mol. The van der Waals surface area contributed by atoms with E-state index in [0.717, 1.165) is 22.3 Å². The Morgan fingerprint density at radius 1 is 1.36 bits per heavy atom. The smallest absolute Gasteiger partial charge is 0.143 e. The van der Waals surface area contributed by atoms with Crippen molar-refractivity contribution in [1.29, 1.82) is 0 Å². The molecule has 1 aromatic carbocycles. The second kappa shape index (κ2) is 3.43. The van der Waals surface area contributed by atoms with Gasteiger partial charge >= 0.3 is 0 Å². The van der Waals surface area contributed by atoms with Crippen LogP contribution < -0.4 is 0 Å². The Morgan fingerprint density at radius 3 is 2.86 bits per heavy atom. The van der Waals surface area contributed by atoms with Crippen LogP contribution in [0.3, 0.4) is 0 Å². The van der Waals surface area contributed by atoms with Crippen molar-refractivity contribution < 1.29 is 4.42 Å². The molecule has 14 heavy (non-hydrogen) atoms. The van der Waals surface area contributed by atoms with Gasteiger partial charge in [0.05, 0.1) is 5.56 Å². The van der Waals surface area contributed by atoms with E-state index in [1.165, 1.54) is 0 Å². The zero-order valence-electron chi connectivity index (χ0n) is 7.95. The van der Waals surface area contributed by atoms with Gasteiger partial charge in [0.2, 0.25) is 0 Å². The van der Waals surface area contributed by atoms with Crippen molar-refractivity contribution in [3.05, 3.63) is 41.7 Å². The topological polar surface area (TPSA) is 13.1 Å². The molecule has 0 bridgehead atoms. The van der Waals surface area contributed by atoms with Crippen LogP contribution in [-0.2, 0) is 0 Å². The molecule has 0 saturated carbocycles. The van der Waals surface area contributed by atoms with E-state index in [-0.39, 0.29) is 0 Å². The fourth-order valence-corrected chi connectivity index (χ4v) is 1.48. The number of fused-ring (bicyclic) bond motifs is 1. The van der Waals surface area contributed by atoms with Gasteiger partial charge < -0.3 is 4.42 Å². The van der Waals surface area contributed by atoms with E-state index in [4.69, 9.17) is 10.8 Å². The molecule has 0 aliphatic rings. The first kappa shape index (κ1) is 8.65. The van der Waals surface area contributed by atoms with Crippen LogP contribution in [0.4, 0.5) is 0 Å². The molecule has 0 aliphatic carbocycles. The highest BCUT2D eigenvalue weighted by Crippen LogP contribution is 2.25. The zero-order valence-corrected chi connectivity index (χ0v) is 7.95. The molecule has 0 spiro atoms. The lowest BCUT2D eigenvalue weighted by atomic mass is 10.1. The Labute approximate surface area is 83.0 Å². The van der Waals surface area contributed by atoms with Crippen LogP contribution in [0.15, 0.2) is 34.8 Å². The Bertz CT molecular complexity index is 524. The van der Waals surface area contributed by atoms with Gasteiger partial charge in [-0.15, -0.1) is 6.42 Å². The maximum Gasteiger partial charge on any atom is 0.143 e. The molecule has 1 heterocycles. The van der Waals surface area contributed by atoms with Gasteiger partial charge in [-0.1, -0.05) is 24.1 Å². The normalized spacial score (nSPS) is 10.9. The standard InChI is InChI=1S/C13H10O/c1-3-7-12-10(4-2)11-8-5-6-9-13(11)14-12/h2-3,5-9H,1H3/b7-3-. The van der Waals surface area contributed by atoms with E-state index in [1.807, 2.05) is 43.3 Å². The number of hydrogen-bond donors (Lipinski definition) is 0. The first-order chi connectivity index (χ1) is 6.86. The molecule has 0 unspecified atom stereocenters. The van der Waals surface area contributed by atoms with Crippen molar-refractivity contribution in [2.24, 2.45) is 0 Å². The summed E-state index contributed by atoms with van der Waals surface area (Å²) in [5.74, 6) is 3.42. The molecule has 1 aromatic heterocycles. The van der Waals surface area contributed by atoms with Crippen molar-refractivity contribution in [2.75, 3.05) is 0 Å². The molecule has 0 atom stereocenters. The predicted octanol–water partition coefficient (Wildman–Crippen LogP) is 3.45. The number of terminal acetylenes is 1. The first-order valence-corrected chi connectivity index (χ1v) is 4.47. The third kappa shape index (κ3) is 1.22. The molecule has 2 aromatic rings. The fraction of sp³-hybridized carbons (Fsp3) is 0.0769. The van der Waals surface area contributed by atoms with Gasteiger partial charge in [-0.05, 0) is 25.1 Å². The molecular formula is C13H10O. The van der Waals surface area contributed by atoms with Crippen molar-refractivity contribution in [2.45, 2.75) is 6.92 Å². The summed E-state index contributed by atoms with van der Waals surface area (Å²) in [6.07, 6.45) is 9.25. The number of hydrogen-bond acceptors (Lipinski definition) is 1.